The van der Waals surface area contributed by atoms with Crippen LogP contribution in [-0.2, 0) is 52.4 Å². The van der Waals surface area contributed by atoms with E-state index in [4.69, 9.17) is 28.4 Å². The molecule has 5 N–H and O–H groups in total. The second kappa shape index (κ2) is 14.2. The Morgan fingerprint density at radius 2 is 0.919 bits per heavy atom. The van der Waals surface area contributed by atoms with Crippen LogP contribution >= 0.6 is 0 Å². The second-order valence-electron chi connectivity index (χ2n) is 8.19. The molecular weight excluding hydrogens is 508 g/mol. The maximum Gasteiger partial charge on any atom is 0.337 e. The molecule has 0 amide bonds. The number of aliphatic hydroxyl groups is 5. The molecule has 0 aromatic heterocycles. The summed E-state index contributed by atoms with van der Waals surface area (Å²) in [6.07, 6.45) is -17.9. The van der Waals surface area contributed by atoms with Gasteiger partial charge in [-0.1, -0.05) is 0 Å². The first kappa shape index (κ1) is 32.1. The van der Waals surface area contributed by atoms with Crippen molar-refractivity contribution >= 4 is 29.8 Å². The van der Waals surface area contributed by atoms with E-state index in [-0.39, 0.29) is 0 Å². The normalized spacial score (nSPS) is 27.5. The van der Waals surface area contributed by atoms with Crippen molar-refractivity contribution in [2.75, 3.05) is 6.61 Å². The molecule has 10 atom stereocenters. The minimum atomic E-state index is -2.01. The maximum absolute atomic E-state index is 12.3. The summed E-state index contributed by atoms with van der Waals surface area (Å²) < 4.78 is 30.8. The highest BCUT2D eigenvalue weighted by molar-refractivity contribution is 5.77. The number of carbonyl (C=O) groups is 5. The molecule has 0 aromatic carbocycles. The van der Waals surface area contributed by atoms with Crippen LogP contribution in [0.15, 0.2) is 0 Å². The lowest BCUT2D eigenvalue weighted by molar-refractivity contribution is -0.305. The third kappa shape index (κ3) is 9.49. The van der Waals surface area contributed by atoms with Crippen LogP contribution in [0.2, 0.25) is 0 Å². The predicted octanol–water partition coefficient (Wildman–Crippen LogP) is -3.56. The molecule has 212 valence electrons. The molecule has 0 radical (unpaired) electrons. The fourth-order valence-corrected chi connectivity index (χ4v) is 2.70. The smallest absolute Gasteiger partial charge is 0.337 e. The summed E-state index contributed by atoms with van der Waals surface area (Å²) in [5.41, 5.74) is 0. The van der Waals surface area contributed by atoms with E-state index in [2.05, 4.69) is 0 Å². The number of hydrogen-bond acceptors (Lipinski definition) is 16. The van der Waals surface area contributed by atoms with Gasteiger partial charge in [-0.3, -0.25) is 0 Å². The fourth-order valence-electron chi connectivity index (χ4n) is 2.70. The molecule has 1 saturated heterocycles. The monoisotopic (exact) mass is 540 g/mol. The molecule has 1 aliphatic rings. The van der Waals surface area contributed by atoms with Gasteiger partial charge in [-0.15, -0.1) is 0 Å². The lowest BCUT2D eigenvalue weighted by Gasteiger charge is -2.44. The largest absolute Gasteiger partial charge is 0.461 e. The number of rotatable bonds is 11. The highest BCUT2D eigenvalue weighted by Crippen LogP contribution is 2.31. The number of ether oxygens (including phenoxy) is 6. The van der Waals surface area contributed by atoms with Gasteiger partial charge in [0.1, 0.15) is 43.2 Å². The van der Waals surface area contributed by atoms with E-state index >= 15 is 0 Å². The molecule has 1 aliphatic heterocycles. The Kier molecular flexibility index (Phi) is 12.3. The SMILES string of the molecule is CC(O)C(=O)OCC1O[C@@H](OC(=O)C(C)O)C(OC(=O)C(C)O)[C@H](OC(=O)C(C)O)[C@@H]1OC(=O)C(C)O. The van der Waals surface area contributed by atoms with E-state index in [1.165, 1.54) is 0 Å². The third-order valence-corrected chi connectivity index (χ3v) is 4.68. The van der Waals surface area contributed by atoms with Gasteiger partial charge >= 0.3 is 29.8 Å². The van der Waals surface area contributed by atoms with Crippen molar-refractivity contribution in [2.24, 2.45) is 0 Å². The molecule has 1 rings (SSSR count). The standard InChI is InChI=1S/C21H32O16/c1-7(22)16(27)32-6-12-13(34-17(28)8(2)23)14(35-18(29)9(3)24)15(36-19(30)10(4)25)21(33-12)37-20(31)11(5)26/h7-15,21-26H,6H2,1-5H3/t7?,8?,9?,10?,11?,12?,13-,14-,15?,21+/m1/s1. The zero-order chi connectivity index (χ0) is 28.6. The molecule has 37 heavy (non-hydrogen) atoms. The molecule has 0 spiro atoms. The van der Waals surface area contributed by atoms with Crippen molar-refractivity contribution in [3.8, 4) is 0 Å². The van der Waals surface area contributed by atoms with Crippen molar-refractivity contribution in [3.63, 3.8) is 0 Å². The summed E-state index contributed by atoms with van der Waals surface area (Å²) in [6.45, 7) is 4.36. The fraction of sp³-hybridized carbons (Fsp3) is 0.762. The summed E-state index contributed by atoms with van der Waals surface area (Å²) in [7, 11) is 0. The second-order valence-corrected chi connectivity index (χ2v) is 8.19. The summed E-state index contributed by atoms with van der Waals surface area (Å²) in [4.78, 5) is 60.6. The van der Waals surface area contributed by atoms with E-state index in [9.17, 15) is 49.5 Å². The molecule has 0 saturated carbocycles. The van der Waals surface area contributed by atoms with Gasteiger partial charge in [-0.2, -0.15) is 0 Å². The number of esters is 5. The molecular formula is C21H32O16. The lowest BCUT2D eigenvalue weighted by atomic mass is 9.97. The first-order valence-corrected chi connectivity index (χ1v) is 11.1. The number of hydrogen-bond donors (Lipinski definition) is 5. The van der Waals surface area contributed by atoms with Crippen LogP contribution in [0.4, 0.5) is 0 Å². The molecule has 1 fully saturated rings. The first-order valence-electron chi connectivity index (χ1n) is 11.1. The number of aliphatic hydroxyl groups excluding tert-OH is 5. The van der Waals surface area contributed by atoms with Crippen LogP contribution in [-0.4, -0.2) is 123 Å². The van der Waals surface area contributed by atoms with Crippen LogP contribution in [0.25, 0.3) is 0 Å². The Morgan fingerprint density at radius 1 is 0.568 bits per heavy atom. The van der Waals surface area contributed by atoms with E-state index < -0.39 is 97.7 Å². The van der Waals surface area contributed by atoms with Crippen molar-refractivity contribution in [3.05, 3.63) is 0 Å². The average molecular weight is 540 g/mol. The Balaban J connectivity index is 3.59. The molecule has 1 heterocycles. The van der Waals surface area contributed by atoms with Gasteiger partial charge < -0.3 is 54.0 Å². The van der Waals surface area contributed by atoms with E-state index in [1.54, 1.807) is 0 Å². The van der Waals surface area contributed by atoms with Gasteiger partial charge in [0.2, 0.25) is 12.4 Å². The summed E-state index contributed by atoms with van der Waals surface area (Å²) in [5.74, 6) is -6.41. The first-order chi connectivity index (χ1) is 17.1. The van der Waals surface area contributed by atoms with Crippen LogP contribution < -0.4 is 0 Å². The van der Waals surface area contributed by atoms with Crippen LogP contribution in [0, 0.1) is 0 Å². The zero-order valence-electron chi connectivity index (χ0n) is 20.7. The maximum atomic E-state index is 12.3. The van der Waals surface area contributed by atoms with E-state index in [0.717, 1.165) is 34.6 Å². The van der Waals surface area contributed by atoms with Crippen molar-refractivity contribution in [1.82, 2.24) is 0 Å². The molecule has 0 aromatic rings. The van der Waals surface area contributed by atoms with Crippen LogP contribution in [0.5, 0.6) is 0 Å². The Labute approximate surface area is 210 Å². The van der Waals surface area contributed by atoms with Gasteiger partial charge in [-0.05, 0) is 34.6 Å². The van der Waals surface area contributed by atoms with Crippen molar-refractivity contribution in [1.29, 1.82) is 0 Å². The molecule has 0 bridgehead atoms. The van der Waals surface area contributed by atoms with Crippen molar-refractivity contribution in [2.45, 2.75) is 95.8 Å². The van der Waals surface area contributed by atoms with Crippen LogP contribution in [0.3, 0.4) is 0 Å². The van der Waals surface area contributed by atoms with Crippen LogP contribution in [0.1, 0.15) is 34.6 Å². The molecule has 7 unspecified atom stereocenters. The van der Waals surface area contributed by atoms with Crippen molar-refractivity contribution < 1.29 is 77.9 Å². The highest BCUT2D eigenvalue weighted by Gasteiger charge is 2.55. The summed E-state index contributed by atoms with van der Waals surface area (Å²) in [6, 6.07) is 0. The molecule has 0 aliphatic carbocycles. The predicted molar refractivity (Wildman–Crippen MR) is 114 cm³/mol. The topological polar surface area (TPSA) is 242 Å². The van der Waals surface area contributed by atoms with Gasteiger partial charge in [0.25, 0.3) is 0 Å². The Hall–Kier alpha value is -2.89. The molecule has 16 nitrogen and oxygen atoms in total. The van der Waals surface area contributed by atoms with Gasteiger partial charge in [-0.25, -0.2) is 24.0 Å². The summed E-state index contributed by atoms with van der Waals surface area (Å²) >= 11 is 0. The third-order valence-electron chi connectivity index (χ3n) is 4.68. The zero-order valence-corrected chi connectivity index (χ0v) is 20.7. The quantitative estimate of drug-likeness (QED) is 0.126. The summed E-state index contributed by atoms with van der Waals surface area (Å²) in [5, 5.41) is 47.7. The minimum absolute atomic E-state index is 0.815. The van der Waals surface area contributed by atoms with Gasteiger partial charge in [0, 0.05) is 0 Å². The Bertz CT molecular complexity index is 819. The van der Waals surface area contributed by atoms with E-state index in [0.29, 0.717) is 0 Å². The lowest BCUT2D eigenvalue weighted by Crippen LogP contribution is -2.64. The Morgan fingerprint density at radius 3 is 1.32 bits per heavy atom. The molecule has 16 heteroatoms. The van der Waals surface area contributed by atoms with Gasteiger partial charge in [0.05, 0.1) is 0 Å². The number of carbonyl (C=O) groups excluding carboxylic acids is 5. The van der Waals surface area contributed by atoms with Gasteiger partial charge in [0.15, 0.2) is 12.2 Å². The average Bonchev–Trinajstić information content (AvgIpc) is 2.80. The van der Waals surface area contributed by atoms with E-state index in [1.807, 2.05) is 0 Å². The minimum Gasteiger partial charge on any atom is -0.461 e. The highest BCUT2D eigenvalue weighted by atomic mass is 16.8.